The third-order valence-corrected chi connectivity index (χ3v) is 6.38. The number of carbonyl (C=O) groups is 2. The Hall–Kier alpha value is -3.26. The van der Waals surface area contributed by atoms with Crippen LogP contribution in [0.5, 0.6) is 0 Å². The molecule has 2 heterocycles. The van der Waals surface area contributed by atoms with Gasteiger partial charge in [-0.3, -0.25) is 14.3 Å². The number of benzene rings is 2. The van der Waals surface area contributed by atoms with Crippen molar-refractivity contribution in [3.05, 3.63) is 65.6 Å². The first kappa shape index (κ1) is 23.9. The zero-order valence-electron chi connectivity index (χ0n) is 19.8. The lowest BCUT2D eigenvalue weighted by Gasteiger charge is -2.35. The second-order valence-corrected chi connectivity index (χ2v) is 9.93. The van der Waals surface area contributed by atoms with Crippen molar-refractivity contribution in [2.24, 2.45) is 5.41 Å². The summed E-state index contributed by atoms with van der Waals surface area (Å²) in [6.07, 6.45) is 1.59. The van der Waals surface area contributed by atoms with Crippen molar-refractivity contribution in [2.45, 2.75) is 52.2 Å². The number of nitrogens with one attached hydrogen (secondary N) is 1. The van der Waals surface area contributed by atoms with Crippen LogP contribution < -0.4 is 5.32 Å². The lowest BCUT2D eigenvalue weighted by atomic mass is 9.85. The Balaban J connectivity index is 1.63. The molecule has 1 fully saturated rings. The standard InChI is InChI=1S/C26H31FN4O3/c1-26(2,3)23(25(34)30-14-6-7-19(30)16-32)28-24(33)22-20-8-4-5-9-21(20)31(29-22)15-17-10-12-18(27)13-11-17/h4-5,8-13,19,23,32H,6-7,14-16H2,1-3H3,(H,28,33)/t19-,23+/m0/s1. The molecule has 0 spiro atoms. The number of aromatic nitrogens is 2. The van der Waals surface area contributed by atoms with Crippen LogP contribution in [0.3, 0.4) is 0 Å². The monoisotopic (exact) mass is 466 g/mol. The van der Waals surface area contributed by atoms with Crippen molar-refractivity contribution in [2.75, 3.05) is 13.2 Å². The Bertz CT molecular complexity index is 1180. The fraction of sp³-hybridized carbons (Fsp3) is 0.423. The van der Waals surface area contributed by atoms with Gasteiger partial charge < -0.3 is 15.3 Å². The Morgan fingerprint density at radius 3 is 2.56 bits per heavy atom. The zero-order valence-corrected chi connectivity index (χ0v) is 19.8. The second kappa shape index (κ2) is 9.54. The summed E-state index contributed by atoms with van der Waals surface area (Å²) >= 11 is 0. The highest BCUT2D eigenvalue weighted by Crippen LogP contribution is 2.27. The number of para-hydroxylation sites is 1. The highest BCUT2D eigenvalue weighted by molar-refractivity contribution is 6.06. The molecule has 2 aromatic carbocycles. The van der Waals surface area contributed by atoms with Gasteiger partial charge in [-0.1, -0.05) is 51.1 Å². The van der Waals surface area contributed by atoms with Gasteiger partial charge in [0.1, 0.15) is 11.9 Å². The summed E-state index contributed by atoms with van der Waals surface area (Å²) in [4.78, 5) is 28.5. The summed E-state index contributed by atoms with van der Waals surface area (Å²) in [5, 5.41) is 17.9. The number of likely N-dealkylation sites (tertiary alicyclic amines) is 1. The molecule has 2 atom stereocenters. The van der Waals surface area contributed by atoms with Crippen LogP contribution in [0.15, 0.2) is 48.5 Å². The minimum absolute atomic E-state index is 0.0883. The molecule has 180 valence electrons. The van der Waals surface area contributed by atoms with Gasteiger partial charge in [-0.2, -0.15) is 5.10 Å². The van der Waals surface area contributed by atoms with E-state index in [1.807, 2.05) is 45.0 Å². The Morgan fingerprint density at radius 1 is 1.18 bits per heavy atom. The molecule has 1 saturated heterocycles. The van der Waals surface area contributed by atoms with Gasteiger partial charge in [0.25, 0.3) is 5.91 Å². The van der Waals surface area contributed by atoms with E-state index in [4.69, 9.17) is 0 Å². The number of fused-ring (bicyclic) bond motifs is 1. The molecule has 1 aliphatic heterocycles. The summed E-state index contributed by atoms with van der Waals surface area (Å²) < 4.78 is 15.0. The van der Waals surface area contributed by atoms with Gasteiger partial charge in [0.05, 0.1) is 24.7 Å². The van der Waals surface area contributed by atoms with Gasteiger partial charge in [-0.25, -0.2) is 4.39 Å². The normalized spacial score (nSPS) is 17.2. The molecular formula is C26H31FN4O3. The number of halogens is 1. The molecule has 0 bridgehead atoms. The number of aliphatic hydroxyl groups excluding tert-OH is 1. The van der Waals surface area contributed by atoms with E-state index < -0.39 is 17.4 Å². The minimum atomic E-state index is -0.770. The maximum absolute atomic E-state index is 13.4. The predicted molar refractivity (Wildman–Crippen MR) is 128 cm³/mol. The van der Waals surface area contributed by atoms with E-state index in [0.717, 1.165) is 23.9 Å². The lowest BCUT2D eigenvalue weighted by Crippen LogP contribution is -2.56. The third-order valence-electron chi connectivity index (χ3n) is 6.38. The van der Waals surface area contributed by atoms with E-state index in [-0.39, 0.29) is 30.1 Å². The van der Waals surface area contributed by atoms with Crippen LogP contribution in [-0.4, -0.2) is 56.8 Å². The molecular weight excluding hydrogens is 435 g/mol. The average Bonchev–Trinajstić information content (AvgIpc) is 3.43. The molecule has 8 heteroatoms. The smallest absolute Gasteiger partial charge is 0.273 e. The molecule has 2 N–H and O–H groups in total. The van der Waals surface area contributed by atoms with Crippen LogP contribution >= 0.6 is 0 Å². The van der Waals surface area contributed by atoms with Crippen molar-refractivity contribution in [1.82, 2.24) is 20.0 Å². The SMILES string of the molecule is CC(C)(C)[C@H](NC(=O)c1nn(Cc2ccc(F)cc2)c2ccccc12)C(=O)N1CCC[C@H]1CO. The highest BCUT2D eigenvalue weighted by atomic mass is 19.1. The first-order valence-corrected chi connectivity index (χ1v) is 11.6. The van der Waals surface area contributed by atoms with Gasteiger partial charge in [0.2, 0.25) is 5.91 Å². The molecule has 0 unspecified atom stereocenters. The van der Waals surface area contributed by atoms with Gasteiger partial charge in [-0.15, -0.1) is 0 Å². The Morgan fingerprint density at radius 2 is 1.88 bits per heavy atom. The fourth-order valence-corrected chi connectivity index (χ4v) is 4.51. The molecule has 4 rings (SSSR count). The highest BCUT2D eigenvalue weighted by Gasteiger charge is 2.40. The molecule has 34 heavy (non-hydrogen) atoms. The molecule has 0 radical (unpaired) electrons. The fourth-order valence-electron chi connectivity index (χ4n) is 4.51. The maximum Gasteiger partial charge on any atom is 0.273 e. The predicted octanol–water partition coefficient (Wildman–Crippen LogP) is 3.35. The number of aliphatic hydroxyl groups is 1. The van der Waals surface area contributed by atoms with Crippen molar-refractivity contribution < 1.29 is 19.1 Å². The number of hydrogen-bond donors (Lipinski definition) is 2. The summed E-state index contributed by atoms with van der Waals surface area (Å²) in [6, 6.07) is 12.6. The summed E-state index contributed by atoms with van der Waals surface area (Å²) in [5.41, 5.74) is 1.32. The first-order valence-electron chi connectivity index (χ1n) is 11.6. The third kappa shape index (κ3) is 4.82. The molecule has 2 amide bonds. The van der Waals surface area contributed by atoms with Crippen molar-refractivity contribution in [1.29, 1.82) is 0 Å². The number of carbonyl (C=O) groups excluding carboxylic acids is 2. The van der Waals surface area contributed by atoms with Crippen LogP contribution in [0.4, 0.5) is 4.39 Å². The number of nitrogens with zero attached hydrogens (tertiary/aromatic N) is 3. The summed E-state index contributed by atoms with van der Waals surface area (Å²) in [6.45, 7) is 6.58. The first-order chi connectivity index (χ1) is 16.2. The molecule has 7 nitrogen and oxygen atoms in total. The summed E-state index contributed by atoms with van der Waals surface area (Å²) in [7, 11) is 0. The molecule has 1 aromatic heterocycles. The van der Waals surface area contributed by atoms with Gasteiger partial charge in [-0.05, 0) is 42.0 Å². The van der Waals surface area contributed by atoms with Crippen LogP contribution in [0.25, 0.3) is 10.9 Å². The number of hydrogen-bond acceptors (Lipinski definition) is 4. The average molecular weight is 467 g/mol. The molecule has 0 saturated carbocycles. The Kier molecular flexibility index (Phi) is 6.70. The van der Waals surface area contributed by atoms with E-state index in [1.165, 1.54) is 12.1 Å². The summed E-state index contributed by atoms with van der Waals surface area (Å²) in [5.74, 6) is -0.928. The molecule has 3 aromatic rings. The second-order valence-electron chi connectivity index (χ2n) is 9.93. The van der Waals surface area contributed by atoms with E-state index in [1.54, 1.807) is 21.7 Å². The van der Waals surface area contributed by atoms with Gasteiger partial charge in [0, 0.05) is 11.9 Å². The van der Waals surface area contributed by atoms with Crippen LogP contribution in [0.1, 0.15) is 49.7 Å². The van der Waals surface area contributed by atoms with E-state index >= 15 is 0 Å². The number of amides is 2. The van der Waals surface area contributed by atoms with Crippen molar-refractivity contribution in [3.8, 4) is 0 Å². The topological polar surface area (TPSA) is 87.5 Å². The van der Waals surface area contributed by atoms with Crippen LogP contribution in [0, 0.1) is 11.2 Å². The quantitative estimate of drug-likeness (QED) is 0.583. The van der Waals surface area contributed by atoms with Crippen LogP contribution in [-0.2, 0) is 11.3 Å². The van der Waals surface area contributed by atoms with E-state index in [2.05, 4.69) is 10.4 Å². The van der Waals surface area contributed by atoms with Crippen molar-refractivity contribution in [3.63, 3.8) is 0 Å². The number of rotatable bonds is 6. The van der Waals surface area contributed by atoms with E-state index in [0.29, 0.717) is 18.5 Å². The minimum Gasteiger partial charge on any atom is -0.394 e. The van der Waals surface area contributed by atoms with E-state index in [9.17, 15) is 19.1 Å². The largest absolute Gasteiger partial charge is 0.394 e. The Labute approximate surface area is 198 Å². The van der Waals surface area contributed by atoms with Gasteiger partial charge >= 0.3 is 0 Å². The van der Waals surface area contributed by atoms with Crippen molar-refractivity contribution >= 4 is 22.7 Å². The maximum atomic E-state index is 13.4. The van der Waals surface area contributed by atoms with Crippen LogP contribution in [0.2, 0.25) is 0 Å². The molecule has 1 aliphatic rings. The zero-order chi connectivity index (χ0) is 24.5. The lowest BCUT2D eigenvalue weighted by molar-refractivity contribution is -0.137. The van der Waals surface area contributed by atoms with Gasteiger partial charge in [0.15, 0.2) is 5.69 Å². The molecule has 0 aliphatic carbocycles.